The van der Waals surface area contributed by atoms with Crippen LogP contribution in [0.1, 0.15) is 189 Å². The van der Waals surface area contributed by atoms with Crippen LogP contribution in [-0.2, 0) is 47.8 Å². The van der Waals surface area contributed by atoms with Gasteiger partial charge in [-0.25, -0.2) is 69.4 Å². The zero-order chi connectivity index (χ0) is 97.3. The molecule has 4 fully saturated rings. The number of hydrogen-bond acceptors (Lipinski definition) is 19. The Bertz CT molecular complexity index is 5370. The zero-order valence-electron chi connectivity index (χ0n) is 74.0. The summed E-state index contributed by atoms with van der Waals surface area (Å²) in [4.78, 5) is 142. The van der Waals surface area contributed by atoms with Gasteiger partial charge in [0.05, 0.1) is 85.8 Å². The molecule has 131 heavy (non-hydrogen) atoms. The van der Waals surface area contributed by atoms with Crippen molar-refractivity contribution in [3.8, 4) is 0 Å². The molecule has 0 saturated carbocycles. The van der Waals surface area contributed by atoms with Crippen LogP contribution in [0.3, 0.4) is 0 Å². The third-order valence-corrected chi connectivity index (χ3v) is 22.0. The van der Waals surface area contributed by atoms with Crippen molar-refractivity contribution in [1.82, 2.24) is 40.0 Å². The standard InChI is InChI=1S/C25H29ClF2N4O4.2C20H21ClF2N4O2.C13H17N3O5.C12H14ClF2N/c1-13-6-7-19(15-9-17(26)20(28)18(27)10-15)32(12-13)23(34)22(33)30-16-8-14(2)21(29-11-16)31-24(35)36-25(3,4)5;2*1-10-3-4-16(12-6-14(21)17(23)15(22)7-12)27(9-10)20(29)19(28)26-13-5-11(2)18(24)25-8-13;1-7-5-8(15-10(17)11(18)19)6-14-9(7)16-12(20)21-13(2,3)4;1-7-2-3-11(16-6-7)8-4-9(13)12(15)10(14)5-8/h8-11,13,19H,6-7,12H2,1-5H3,(H,30,33)(H,29,31,35);2*5-8,10,16H,3-4,9H2,1-2H3,(H2,24,25)(H,26,28);5-6H,1-4H3,(H,15,17)(H,18,19)(H,14,16,20);4-5,7,11,16H,2-3,6H2,1H3/t13-,19+;2*10-,16+;;7-,11+/m111.1/s1. The Kier molecular flexibility index (Phi) is 36.4. The van der Waals surface area contributed by atoms with Crippen molar-refractivity contribution < 1.29 is 97.6 Å². The number of nitrogens with two attached hydrogens (primary N) is 2. The molecule has 0 unspecified atom stereocenters. The fourth-order valence-electron chi connectivity index (χ4n) is 14.3. The molecule has 0 radical (unpaired) electrons. The molecule has 0 spiro atoms. The van der Waals surface area contributed by atoms with Crippen LogP contribution in [0.25, 0.3) is 0 Å². The van der Waals surface area contributed by atoms with E-state index in [2.05, 4.69) is 64.1 Å². The molecule has 0 bridgehead atoms. The number of nitrogens with one attached hydrogen (secondary N) is 7. The van der Waals surface area contributed by atoms with Crippen LogP contribution in [0.15, 0.2) is 97.6 Å². The zero-order valence-corrected chi connectivity index (χ0v) is 77.0. The van der Waals surface area contributed by atoms with Crippen molar-refractivity contribution in [2.45, 2.75) is 184 Å². The number of rotatable bonds is 10. The number of carbonyl (C=O) groups excluding carboxylic acids is 9. The van der Waals surface area contributed by atoms with E-state index in [1.54, 1.807) is 87.4 Å². The van der Waals surface area contributed by atoms with Gasteiger partial charge in [0.1, 0.15) is 34.5 Å². The van der Waals surface area contributed by atoms with Crippen LogP contribution in [0.4, 0.5) is 90.7 Å². The average Bonchev–Trinajstić information content (AvgIpc) is 0.796. The minimum Gasteiger partial charge on any atom is -0.474 e. The number of aliphatic carboxylic acids is 1. The van der Waals surface area contributed by atoms with Gasteiger partial charge in [0, 0.05) is 25.7 Å². The van der Waals surface area contributed by atoms with Crippen molar-refractivity contribution in [3.05, 3.63) is 209 Å². The van der Waals surface area contributed by atoms with Crippen molar-refractivity contribution in [2.24, 2.45) is 23.7 Å². The van der Waals surface area contributed by atoms with E-state index in [1.807, 2.05) is 20.8 Å². The Morgan fingerprint density at radius 3 is 0.931 bits per heavy atom. The lowest BCUT2D eigenvalue weighted by atomic mass is 9.89. The second kappa shape index (κ2) is 45.7. The van der Waals surface area contributed by atoms with Gasteiger partial charge < -0.3 is 67.3 Å². The Labute approximate surface area is 770 Å². The topological polar surface area (TPSA) is 407 Å². The normalized spacial score (nSPS) is 18.3. The van der Waals surface area contributed by atoms with Crippen LogP contribution < -0.4 is 48.7 Å². The van der Waals surface area contributed by atoms with Gasteiger partial charge in [-0.3, -0.25) is 44.2 Å². The first-order valence-corrected chi connectivity index (χ1v) is 42.8. The van der Waals surface area contributed by atoms with E-state index in [-0.39, 0.29) is 73.4 Å². The molecule has 0 aliphatic carbocycles. The highest BCUT2D eigenvalue weighted by Crippen LogP contribution is 2.41. The van der Waals surface area contributed by atoms with Crippen LogP contribution in [0, 0.1) is 97.9 Å². The monoisotopic (exact) mass is 1910 g/mol. The number of benzene rings is 4. The van der Waals surface area contributed by atoms with Crippen molar-refractivity contribution in [3.63, 3.8) is 0 Å². The van der Waals surface area contributed by atoms with Gasteiger partial charge in [-0.15, -0.1) is 0 Å². The molecule has 8 atom stereocenters. The van der Waals surface area contributed by atoms with E-state index in [1.165, 1.54) is 75.9 Å². The molecule has 4 aromatic heterocycles. The molecule has 4 aliphatic rings. The maximum atomic E-state index is 14.0. The number of halogens is 12. The smallest absolute Gasteiger partial charge is 0.413 e. The van der Waals surface area contributed by atoms with Crippen LogP contribution >= 0.6 is 46.4 Å². The second-order valence-electron chi connectivity index (χ2n) is 34.3. The minimum absolute atomic E-state index is 0.0869. The SMILES string of the molecule is C[C@@H]1CC[C@@H](c2cc(F)c(F)c(Cl)c2)NC1.Cc1cc(NC(=O)C(=O)N2C[C@H](C)CC[C@H]2c2cc(F)c(F)c(Cl)c2)cnc1N.Cc1cc(NC(=O)C(=O)N2C[C@H](C)CC[C@H]2c2cc(F)c(F)c(Cl)c2)cnc1N.Cc1cc(NC(=O)C(=O)N2C[C@H](C)CC[C@H]2c2cc(F)c(F)c(Cl)c2)cnc1NC(=O)OC(C)(C)C.Cc1cc(NC(=O)C(=O)O)cnc1NC(=O)OC(C)(C)C. The summed E-state index contributed by atoms with van der Waals surface area (Å²) >= 11 is 23.0. The molecule has 29 nitrogen and oxygen atoms in total. The van der Waals surface area contributed by atoms with Crippen molar-refractivity contribution in [2.75, 3.05) is 69.5 Å². The first-order chi connectivity index (χ1) is 61.2. The summed E-state index contributed by atoms with van der Waals surface area (Å²) in [6, 6.07) is 14.2. The summed E-state index contributed by atoms with van der Waals surface area (Å²) < 4.78 is 119. The van der Waals surface area contributed by atoms with Crippen LogP contribution in [0.5, 0.6) is 0 Å². The van der Waals surface area contributed by atoms with Gasteiger partial charge in [-0.1, -0.05) is 74.1 Å². The number of aryl methyl sites for hydroxylation is 4. The lowest BCUT2D eigenvalue weighted by molar-refractivity contribution is -0.147. The highest BCUT2D eigenvalue weighted by molar-refractivity contribution is 6.41. The number of carbonyl (C=O) groups is 10. The number of anilines is 8. The lowest BCUT2D eigenvalue weighted by Crippen LogP contribution is -2.46. The minimum atomic E-state index is -1.59. The molecule has 704 valence electrons. The van der Waals surface area contributed by atoms with Crippen molar-refractivity contribution in [1.29, 1.82) is 0 Å². The number of likely N-dealkylation sites (tertiary alicyclic amines) is 3. The Morgan fingerprint density at radius 1 is 0.389 bits per heavy atom. The second-order valence-corrected chi connectivity index (χ2v) is 35.9. The summed E-state index contributed by atoms with van der Waals surface area (Å²) in [5.74, 6) is -14.0. The highest BCUT2D eigenvalue weighted by atomic mass is 35.5. The first kappa shape index (κ1) is 104. The number of carboxylic acids is 1. The predicted octanol–water partition coefficient (Wildman–Crippen LogP) is 18.7. The molecule has 12 rings (SSSR count). The molecule has 8 aromatic rings. The number of aromatic nitrogens is 4. The molecular weight excluding hydrogens is 1810 g/mol. The van der Waals surface area contributed by atoms with E-state index in [0.717, 1.165) is 62.4 Å². The van der Waals surface area contributed by atoms with E-state index in [4.69, 9.17) is 72.5 Å². The van der Waals surface area contributed by atoms with E-state index in [0.29, 0.717) is 100 Å². The summed E-state index contributed by atoms with van der Waals surface area (Å²) in [6.07, 6.45) is 9.71. The van der Waals surface area contributed by atoms with Gasteiger partial charge in [0.2, 0.25) is 0 Å². The third-order valence-electron chi connectivity index (χ3n) is 20.9. The van der Waals surface area contributed by atoms with Crippen LogP contribution in [0.2, 0.25) is 20.1 Å². The molecule has 8 heterocycles. The van der Waals surface area contributed by atoms with Gasteiger partial charge in [-0.05, 0) is 268 Å². The maximum Gasteiger partial charge on any atom is 0.413 e. The number of ether oxygens (including phenoxy) is 2. The molecule has 4 aliphatic heterocycles. The number of pyridine rings is 4. The summed E-state index contributed by atoms with van der Waals surface area (Å²) in [7, 11) is 0. The fraction of sp³-hybridized carbons (Fsp3) is 0.400. The summed E-state index contributed by atoms with van der Waals surface area (Å²) in [5.41, 5.74) is 15.3. The number of amides is 9. The van der Waals surface area contributed by atoms with E-state index < -0.39 is 135 Å². The predicted molar refractivity (Wildman–Crippen MR) is 480 cm³/mol. The maximum absolute atomic E-state index is 14.0. The van der Waals surface area contributed by atoms with E-state index in [9.17, 15) is 83.1 Å². The number of carboxylic acid groups (broad SMARTS) is 1. The molecular formula is C90H102Cl4F8N16O13. The average molecular weight is 1910 g/mol. The highest BCUT2D eigenvalue weighted by Gasteiger charge is 2.40. The molecule has 4 aromatic carbocycles. The molecule has 41 heteroatoms. The Hall–Kier alpha value is -12.1. The molecule has 4 saturated heterocycles. The lowest BCUT2D eigenvalue weighted by Gasteiger charge is -2.38. The largest absolute Gasteiger partial charge is 0.474 e. The first-order valence-electron chi connectivity index (χ1n) is 41.3. The number of nitrogens with zero attached hydrogens (tertiary/aromatic N) is 7. The Morgan fingerprint density at radius 2 is 0.664 bits per heavy atom. The molecule has 9 amide bonds. The van der Waals surface area contributed by atoms with Gasteiger partial charge >= 0.3 is 59.5 Å². The quantitative estimate of drug-likeness (QED) is 0.0345. The Balaban J connectivity index is 0.000000206. The summed E-state index contributed by atoms with van der Waals surface area (Å²) in [6.45, 7) is 27.0. The summed E-state index contributed by atoms with van der Waals surface area (Å²) in [5, 5.41) is 25.3. The number of nitrogen functional groups attached to an aromatic ring is 2. The number of piperidine rings is 4. The third kappa shape index (κ3) is 29.7. The van der Waals surface area contributed by atoms with Crippen molar-refractivity contribution >= 4 is 152 Å². The van der Waals surface area contributed by atoms with Gasteiger partial charge in [-0.2, -0.15) is 0 Å². The number of hydrogen-bond donors (Lipinski definition) is 10. The fourth-order valence-corrected chi connectivity index (χ4v) is 15.2. The molecule has 12 N–H and O–H groups in total. The van der Waals surface area contributed by atoms with Gasteiger partial charge in [0.25, 0.3) is 0 Å². The van der Waals surface area contributed by atoms with E-state index >= 15 is 0 Å². The van der Waals surface area contributed by atoms with Crippen LogP contribution in [-0.4, -0.2) is 137 Å². The van der Waals surface area contributed by atoms with Gasteiger partial charge in [0.15, 0.2) is 46.5 Å².